The minimum absolute atomic E-state index is 0.0106. The molecular weight excluding hydrogens is 408 g/mol. The van der Waals surface area contributed by atoms with Crippen LogP contribution in [0.2, 0.25) is 0 Å². The van der Waals surface area contributed by atoms with Crippen LogP contribution in [-0.4, -0.2) is 48.6 Å². The fraction of sp³-hybridized carbons (Fsp3) is 0.462. The number of carboxylic acid groups (broad SMARTS) is 2. The van der Waals surface area contributed by atoms with Crippen molar-refractivity contribution >= 4 is 11.9 Å². The summed E-state index contributed by atoms with van der Waals surface area (Å²) >= 11 is 0. The van der Waals surface area contributed by atoms with Crippen molar-refractivity contribution in [3.05, 3.63) is 58.7 Å². The van der Waals surface area contributed by atoms with E-state index < -0.39 is 11.9 Å². The van der Waals surface area contributed by atoms with E-state index in [4.69, 9.17) is 9.47 Å². The van der Waals surface area contributed by atoms with E-state index in [-0.39, 0.29) is 22.0 Å². The maximum atomic E-state index is 12.2. The molecule has 32 heavy (non-hydrogen) atoms. The first kappa shape index (κ1) is 22.5. The third kappa shape index (κ3) is 4.05. The van der Waals surface area contributed by atoms with Gasteiger partial charge in [0, 0.05) is 10.8 Å². The van der Waals surface area contributed by atoms with E-state index in [1.807, 2.05) is 18.2 Å². The third-order valence-electron chi connectivity index (χ3n) is 7.29. The zero-order chi connectivity index (χ0) is 22.9. The van der Waals surface area contributed by atoms with Gasteiger partial charge in [0.15, 0.2) is 0 Å². The molecule has 0 aromatic heterocycles. The molecule has 0 atom stereocenters. The van der Waals surface area contributed by atoms with Crippen LogP contribution in [-0.2, 0) is 22.3 Å². The molecule has 0 aliphatic carbocycles. The van der Waals surface area contributed by atoms with Crippen LogP contribution in [0, 0.1) is 10.8 Å². The predicted molar refractivity (Wildman–Crippen MR) is 120 cm³/mol. The van der Waals surface area contributed by atoms with Crippen molar-refractivity contribution in [1.29, 1.82) is 0 Å². The summed E-state index contributed by atoms with van der Waals surface area (Å²) < 4.78 is 11.0. The molecule has 2 fully saturated rings. The monoisotopic (exact) mass is 438 g/mol. The van der Waals surface area contributed by atoms with Crippen LogP contribution in [0.25, 0.3) is 11.1 Å². The molecular formula is C26H30O6. The summed E-state index contributed by atoms with van der Waals surface area (Å²) in [4.78, 5) is 24.1. The summed E-state index contributed by atoms with van der Waals surface area (Å²) in [7, 11) is 0. The first-order valence-electron chi connectivity index (χ1n) is 11.2. The Morgan fingerprint density at radius 3 is 1.94 bits per heavy atom. The summed E-state index contributed by atoms with van der Waals surface area (Å²) in [5.41, 5.74) is 3.38. The minimum Gasteiger partial charge on any atom is -0.478 e. The van der Waals surface area contributed by atoms with Crippen LogP contribution in [0.5, 0.6) is 0 Å². The average molecular weight is 439 g/mol. The molecule has 2 aliphatic rings. The first-order valence-corrected chi connectivity index (χ1v) is 11.2. The Morgan fingerprint density at radius 2 is 1.44 bits per heavy atom. The van der Waals surface area contributed by atoms with Gasteiger partial charge in [-0.1, -0.05) is 38.1 Å². The lowest BCUT2D eigenvalue weighted by molar-refractivity contribution is -0.114. The Hall–Kier alpha value is -2.70. The smallest absolute Gasteiger partial charge is 0.336 e. The highest BCUT2D eigenvalue weighted by molar-refractivity contribution is 5.98. The number of hydrogen-bond acceptors (Lipinski definition) is 4. The topological polar surface area (TPSA) is 93.1 Å². The summed E-state index contributed by atoms with van der Waals surface area (Å²) in [5, 5.41) is 19.7. The first-order chi connectivity index (χ1) is 15.3. The van der Waals surface area contributed by atoms with Gasteiger partial charge in [0.1, 0.15) is 0 Å². The fourth-order valence-electron chi connectivity index (χ4n) is 4.78. The zero-order valence-electron chi connectivity index (χ0n) is 18.6. The highest BCUT2D eigenvalue weighted by Gasteiger charge is 2.40. The van der Waals surface area contributed by atoms with E-state index in [0.717, 1.165) is 30.4 Å². The van der Waals surface area contributed by atoms with E-state index in [1.54, 1.807) is 6.07 Å². The molecule has 2 saturated heterocycles. The summed E-state index contributed by atoms with van der Waals surface area (Å²) in [6.45, 7) is 6.82. The van der Waals surface area contributed by atoms with Crippen molar-refractivity contribution < 1.29 is 29.3 Å². The number of hydrogen-bond donors (Lipinski definition) is 2. The molecule has 0 saturated carbocycles. The fourth-order valence-corrected chi connectivity index (χ4v) is 4.78. The van der Waals surface area contributed by atoms with Crippen LogP contribution in [0.3, 0.4) is 0 Å². The van der Waals surface area contributed by atoms with Crippen LogP contribution in [0.4, 0.5) is 0 Å². The molecule has 2 heterocycles. The Bertz CT molecular complexity index is 1020. The highest BCUT2D eigenvalue weighted by Crippen LogP contribution is 2.42. The lowest BCUT2D eigenvalue weighted by Gasteiger charge is -2.42. The van der Waals surface area contributed by atoms with Crippen molar-refractivity contribution in [3.8, 4) is 11.1 Å². The molecule has 6 heteroatoms. The Morgan fingerprint density at radius 1 is 0.844 bits per heavy atom. The number of aromatic carboxylic acids is 2. The molecule has 6 nitrogen and oxygen atoms in total. The molecule has 170 valence electrons. The van der Waals surface area contributed by atoms with Gasteiger partial charge in [-0.2, -0.15) is 0 Å². The molecule has 0 radical (unpaired) electrons. The van der Waals surface area contributed by atoms with Crippen molar-refractivity contribution in [3.63, 3.8) is 0 Å². The van der Waals surface area contributed by atoms with Crippen molar-refractivity contribution in [2.75, 3.05) is 26.4 Å². The molecule has 0 spiro atoms. The van der Waals surface area contributed by atoms with Gasteiger partial charge in [-0.25, -0.2) is 9.59 Å². The zero-order valence-corrected chi connectivity index (χ0v) is 18.6. The number of ether oxygens (including phenoxy) is 2. The highest BCUT2D eigenvalue weighted by atomic mass is 16.5. The van der Waals surface area contributed by atoms with E-state index >= 15 is 0 Å². The van der Waals surface area contributed by atoms with Crippen molar-refractivity contribution in [2.24, 2.45) is 10.8 Å². The summed E-state index contributed by atoms with van der Waals surface area (Å²) in [5.74, 6) is -2.24. The maximum Gasteiger partial charge on any atom is 0.336 e. The van der Waals surface area contributed by atoms with E-state index in [0.29, 0.717) is 44.0 Å². The van der Waals surface area contributed by atoms with Crippen LogP contribution >= 0.6 is 0 Å². The number of benzene rings is 2. The van der Waals surface area contributed by atoms with E-state index in [9.17, 15) is 19.8 Å². The van der Waals surface area contributed by atoms with Gasteiger partial charge in [0.05, 0.1) is 37.6 Å². The maximum absolute atomic E-state index is 12.2. The quantitative estimate of drug-likeness (QED) is 0.590. The van der Waals surface area contributed by atoms with Crippen LogP contribution in [0.1, 0.15) is 58.5 Å². The van der Waals surface area contributed by atoms with Crippen molar-refractivity contribution in [1.82, 2.24) is 0 Å². The lowest BCUT2D eigenvalue weighted by Crippen LogP contribution is -2.44. The SMILES string of the molecule is CCC1(Cc2ccccc2-c2cc(C(=O)O)cc(C(=O)O)c2CC2(CC)COC2)COC1. The number of carbonyl (C=O) groups is 2. The van der Waals surface area contributed by atoms with Gasteiger partial charge < -0.3 is 19.7 Å². The van der Waals surface area contributed by atoms with Crippen LogP contribution in [0.15, 0.2) is 36.4 Å². The van der Waals surface area contributed by atoms with Gasteiger partial charge in [-0.05, 0) is 60.1 Å². The molecule has 2 aromatic rings. The van der Waals surface area contributed by atoms with Crippen molar-refractivity contribution in [2.45, 2.75) is 39.5 Å². The third-order valence-corrected chi connectivity index (χ3v) is 7.29. The normalized spacial score (nSPS) is 18.4. The average Bonchev–Trinajstić information content (AvgIpc) is 2.73. The second kappa shape index (κ2) is 8.68. The Kier molecular flexibility index (Phi) is 6.10. The van der Waals surface area contributed by atoms with Gasteiger partial charge in [-0.3, -0.25) is 0 Å². The van der Waals surface area contributed by atoms with Gasteiger partial charge in [-0.15, -0.1) is 0 Å². The summed E-state index contributed by atoms with van der Waals surface area (Å²) in [6.07, 6.45) is 3.20. The van der Waals surface area contributed by atoms with Gasteiger partial charge in [0.2, 0.25) is 0 Å². The minimum atomic E-state index is -1.13. The lowest BCUT2D eigenvalue weighted by atomic mass is 9.73. The molecule has 2 aromatic carbocycles. The number of rotatable bonds is 9. The molecule has 2 N–H and O–H groups in total. The molecule has 2 aliphatic heterocycles. The van der Waals surface area contributed by atoms with Crippen LogP contribution < -0.4 is 0 Å². The number of carboxylic acids is 2. The van der Waals surface area contributed by atoms with Gasteiger partial charge in [0.25, 0.3) is 0 Å². The van der Waals surface area contributed by atoms with E-state index in [1.165, 1.54) is 6.07 Å². The second-order valence-electron chi connectivity index (χ2n) is 9.36. The molecule has 0 bridgehead atoms. The molecule has 0 unspecified atom stereocenters. The molecule has 4 rings (SSSR count). The standard InChI is InChI=1S/C26H30O6/c1-3-25(13-31-14-25)11-17-7-5-6-8-19(17)20-9-18(23(27)28)10-21(24(29)30)22(20)12-26(4-2)15-32-16-26/h5-10H,3-4,11-16H2,1-2H3,(H,27,28)(H,29,30). The largest absolute Gasteiger partial charge is 0.478 e. The second-order valence-corrected chi connectivity index (χ2v) is 9.36. The predicted octanol–water partition coefficient (Wildman–Crippen LogP) is 4.69. The molecule has 0 amide bonds. The van der Waals surface area contributed by atoms with E-state index in [2.05, 4.69) is 19.9 Å². The summed E-state index contributed by atoms with van der Waals surface area (Å²) in [6, 6.07) is 10.9. The Labute approximate surface area is 188 Å². The van der Waals surface area contributed by atoms with Gasteiger partial charge >= 0.3 is 11.9 Å². The Balaban J connectivity index is 1.89.